The monoisotopic (exact) mass is 497 g/mol. The summed E-state index contributed by atoms with van der Waals surface area (Å²) in [7, 11) is -3.79. The van der Waals surface area contributed by atoms with Crippen LogP contribution in [0, 0.1) is 0 Å². The van der Waals surface area contributed by atoms with Crippen molar-refractivity contribution in [2.24, 2.45) is 0 Å². The van der Waals surface area contributed by atoms with Crippen LogP contribution in [-0.2, 0) is 20.3 Å². The van der Waals surface area contributed by atoms with Crippen molar-refractivity contribution in [3.05, 3.63) is 44.1 Å². The van der Waals surface area contributed by atoms with E-state index in [1.807, 2.05) is 0 Å². The smallest absolute Gasteiger partial charge is 0.341 e. The number of aliphatic hydroxyl groups is 2. The minimum atomic E-state index is -3.79. The highest BCUT2D eigenvalue weighted by Gasteiger charge is 2.23. The lowest BCUT2D eigenvalue weighted by molar-refractivity contribution is 0.0440. The van der Waals surface area contributed by atoms with Crippen LogP contribution in [0.5, 0.6) is 5.75 Å². The number of aromatic hydroxyl groups is 1. The Balaban J connectivity index is 2.02. The number of esters is 1. The molecular formula is C18H21Cl2NO7S2. The number of carbonyl (C=O) groups is 1. The van der Waals surface area contributed by atoms with Gasteiger partial charge in [0, 0.05) is 19.6 Å². The predicted octanol–water partition coefficient (Wildman–Crippen LogP) is 2.18. The van der Waals surface area contributed by atoms with Crippen molar-refractivity contribution in [2.45, 2.75) is 10.6 Å². The second kappa shape index (κ2) is 11.3. The Hall–Kier alpha value is -1.40. The third-order valence-electron chi connectivity index (χ3n) is 4.07. The van der Waals surface area contributed by atoms with Gasteiger partial charge in [-0.05, 0) is 23.8 Å². The van der Waals surface area contributed by atoms with Crippen LogP contribution in [0.4, 0.5) is 0 Å². The van der Waals surface area contributed by atoms with Crippen molar-refractivity contribution in [3.63, 3.8) is 0 Å². The van der Waals surface area contributed by atoms with E-state index in [2.05, 4.69) is 0 Å². The highest BCUT2D eigenvalue weighted by molar-refractivity contribution is 7.91. The predicted molar refractivity (Wildman–Crippen MR) is 114 cm³/mol. The second-order valence-corrected chi connectivity index (χ2v) is 10.5. The SMILES string of the molecule is O=C(OCCN(CCO)CCO)c1ccc(CS(=O)(=O)c2cc(Cl)sc2Cl)cc1O. The number of nitrogens with zero attached hydrogens (tertiary/aromatic N) is 1. The fourth-order valence-corrected chi connectivity index (χ4v) is 6.22. The van der Waals surface area contributed by atoms with Crippen molar-refractivity contribution < 1.29 is 33.3 Å². The van der Waals surface area contributed by atoms with Crippen molar-refractivity contribution in [1.29, 1.82) is 0 Å². The molecular weight excluding hydrogens is 477 g/mol. The van der Waals surface area contributed by atoms with E-state index in [1.165, 1.54) is 24.3 Å². The van der Waals surface area contributed by atoms with Crippen LogP contribution in [0.2, 0.25) is 8.67 Å². The van der Waals surface area contributed by atoms with Crippen LogP contribution >= 0.6 is 34.5 Å². The summed E-state index contributed by atoms with van der Waals surface area (Å²) in [5.74, 6) is -1.62. The third kappa shape index (κ3) is 6.81. The molecule has 2 rings (SSSR count). The molecule has 2 aromatic rings. The molecule has 0 spiro atoms. The van der Waals surface area contributed by atoms with Gasteiger partial charge in [-0.15, -0.1) is 11.3 Å². The van der Waals surface area contributed by atoms with Crippen LogP contribution in [0.3, 0.4) is 0 Å². The maximum absolute atomic E-state index is 12.5. The molecule has 30 heavy (non-hydrogen) atoms. The Morgan fingerprint density at radius 1 is 1.10 bits per heavy atom. The molecule has 12 heteroatoms. The first-order valence-corrected chi connectivity index (χ1v) is 12.0. The summed E-state index contributed by atoms with van der Waals surface area (Å²) in [4.78, 5) is 13.8. The maximum atomic E-state index is 12.5. The molecule has 166 valence electrons. The number of halogens is 2. The van der Waals surface area contributed by atoms with E-state index >= 15 is 0 Å². The molecule has 0 atom stereocenters. The number of aliphatic hydroxyl groups excluding tert-OH is 2. The normalized spacial score (nSPS) is 11.8. The molecule has 0 aliphatic rings. The fraction of sp³-hybridized carbons (Fsp3) is 0.389. The zero-order valence-corrected chi connectivity index (χ0v) is 18.9. The van der Waals surface area contributed by atoms with Gasteiger partial charge in [0.25, 0.3) is 0 Å². The van der Waals surface area contributed by atoms with Gasteiger partial charge in [0.1, 0.15) is 22.3 Å². The average Bonchev–Trinajstić information content (AvgIpc) is 3.01. The number of hydrogen-bond acceptors (Lipinski definition) is 9. The van der Waals surface area contributed by atoms with Gasteiger partial charge < -0.3 is 20.1 Å². The molecule has 0 unspecified atom stereocenters. The number of carbonyl (C=O) groups excluding carboxylic acids is 1. The Kier molecular flexibility index (Phi) is 9.35. The highest BCUT2D eigenvalue weighted by Crippen LogP contribution is 2.36. The number of ether oxygens (including phenoxy) is 1. The zero-order valence-electron chi connectivity index (χ0n) is 15.8. The molecule has 1 aromatic carbocycles. The summed E-state index contributed by atoms with van der Waals surface area (Å²) in [6.45, 7) is 0.751. The van der Waals surface area contributed by atoms with Gasteiger partial charge >= 0.3 is 5.97 Å². The van der Waals surface area contributed by atoms with Gasteiger partial charge in [0.05, 0.1) is 28.2 Å². The maximum Gasteiger partial charge on any atom is 0.341 e. The van der Waals surface area contributed by atoms with Crippen molar-refractivity contribution in [3.8, 4) is 5.75 Å². The number of benzene rings is 1. The Bertz CT molecular complexity index is 973. The zero-order chi connectivity index (χ0) is 22.3. The number of sulfone groups is 1. The van der Waals surface area contributed by atoms with Gasteiger partial charge in [-0.1, -0.05) is 29.3 Å². The summed E-state index contributed by atoms with van der Waals surface area (Å²) in [5, 5.41) is 28.1. The Labute approximate surface area is 188 Å². The van der Waals surface area contributed by atoms with E-state index in [9.17, 15) is 18.3 Å². The number of rotatable bonds is 11. The number of phenolic OH excluding ortho intramolecular Hbond substituents is 1. The molecule has 0 aliphatic carbocycles. The second-order valence-electron chi connectivity index (χ2n) is 6.22. The molecule has 0 saturated heterocycles. The first-order chi connectivity index (χ1) is 14.2. The van der Waals surface area contributed by atoms with Gasteiger partial charge in [0.2, 0.25) is 0 Å². The van der Waals surface area contributed by atoms with Crippen LogP contribution in [0.15, 0.2) is 29.2 Å². The summed E-state index contributed by atoms with van der Waals surface area (Å²) >= 11 is 12.7. The lowest BCUT2D eigenvalue weighted by Gasteiger charge is -2.19. The number of thiophene rings is 1. The van der Waals surface area contributed by atoms with Gasteiger partial charge in [-0.3, -0.25) is 4.90 Å². The highest BCUT2D eigenvalue weighted by atomic mass is 35.5. The van der Waals surface area contributed by atoms with Gasteiger partial charge in [0.15, 0.2) is 9.84 Å². The fourth-order valence-electron chi connectivity index (χ4n) is 2.64. The first kappa shape index (κ1) is 24.9. The van der Waals surface area contributed by atoms with E-state index in [4.69, 9.17) is 38.2 Å². The van der Waals surface area contributed by atoms with Crippen LogP contribution in [0.25, 0.3) is 0 Å². The third-order valence-corrected chi connectivity index (χ3v) is 7.51. The lowest BCUT2D eigenvalue weighted by Crippen LogP contribution is -2.33. The van der Waals surface area contributed by atoms with Gasteiger partial charge in [-0.25, -0.2) is 13.2 Å². The van der Waals surface area contributed by atoms with Crippen molar-refractivity contribution in [2.75, 3.05) is 39.5 Å². The van der Waals surface area contributed by atoms with Crippen molar-refractivity contribution >= 4 is 50.3 Å². The van der Waals surface area contributed by atoms with Crippen LogP contribution in [-0.4, -0.2) is 74.1 Å². The molecule has 1 heterocycles. The molecule has 0 radical (unpaired) electrons. The topological polar surface area (TPSA) is 124 Å². The van der Waals surface area contributed by atoms with E-state index < -0.39 is 27.3 Å². The van der Waals surface area contributed by atoms with E-state index in [-0.39, 0.29) is 44.5 Å². The standard InChI is InChI=1S/C18H21Cl2NO7S2/c19-16-10-15(17(20)29-16)30(26,27)11-12-1-2-13(14(24)9-12)18(25)28-8-5-21(3-6-22)4-7-23/h1-2,9-10,22-24H,3-8,11H2. The van der Waals surface area contributed by atoms with Crippen LogP contribution in [0.1, 0.15) is 15.9 Å². The molecule has 0 bridgehead atoms. The molecule has 8 nitrogen and oxygen atoms in total. The molecule has 0 aliphatic heterocycles. The quantitative estimate of drug-likeness (QED) is 0.403. The van der Waals surface area contributed by atoms with E-state index in [0.717, 1.165) is 11.3 Å². The summed E-state index contributed by atoms with van der Waals surface area (Å²) in [5.41, 5.74) is 0.156. The molecule has 0 fully saturated rings. The minimum Gasteiger partial charge on any atom is -0.507 e. The molecule has 0 amide bonds. The largest absolute Gasteiger partial charge is 0.507 e. The van der Waals surface area contributed by atoms with Crippen molar-refractivity contribution in [1.82, 2.24) is 4.90 Å². The average molecular weight is 498 g/mol. The van der Waals surface area contributed by atoms with Crippen LogP contribution < -0.4 is 0 Å². The van der Waals surface area contributed by atoms with E-state index in [1.54, 1.807) is 4.90 Å². The molecule has 3 N–H and O–H groups in total. The Morgan fingerprint density at radius 3 is 2.30 bits per heavy atom. The number of hydrogen-bond donors (Lipinski definition) is 3. The molecule has 0 saturated carbocycles. The van der Waals surface area contributed by atoms with Gasteiger partial charge in [-0.2, -0.15) is 0 Å². The summed E-state index contributed by atoms with van der Waals surface area (Å²) in [6, 6.07) is 5.13. The summed E-state index contributed by atoms with van der Waals surface area (Å²) < 4.78 is 30.5. The summed E-state index contributed by atoms with van der Waals surface area (Å²) in [6.07, 6.45) is 0. The lowest BCUT2D eigenvalue weighted by atomic mass is 10.1. The first-order valence-electron chi connectivity index (χ1n) is 8.78. The van der Waals surface area contributed by atoms with E-state index in [0.29, 0.717) is 19.6 Å². The Morgan fingerprint density at radius 2 is 1.77 bits per heavy atom. The molecule has 1 aromatic heterocycles. The minimum absolute atomic E-state index is 0.00812. The number of phenols is 1.